The van der Waals surface area contributed by atoms with Gasteiger partial charge in [-0.15, -0.1) is 0 Å². The molecule has 0 radical (unpaired) electrons. The molecule has 0 N–H and O–H groups in total. The van der Waals surface area contributed by atoms with E-state index >= 15 is 0 Å². The van der Waals surface area contributed by atoms with Crippen LogP contribution < -0.4 is 0 Å². The van der Waals surface area contributed by atoms with Gasteiger partial charge in [-0.3, -0.25) is 0 Å². The molecule has 0 aliphatic carbocycles. The van der Waals surface area contributed by atoms with Crippen LogP contribution in [0.25, 0.3) is 0 Å². The molecule has 0 fully saturated rings. The summed E-state index contributed by atoms with van der Waals surface area (Å²) < 4.78 is 51.6. The minimum Gasteiger partial charge on any atom is -0.439 e. The summed E-state index contributed by atoms with van der Waals surface area (Å²) in [5, 5.41) is 0. The molecule has 0 aromatic rings. The lowest BCUT2D eigenvalue weighted by Gasteiger charge is -2.39. The summed E-state index contributed by atoms with van der Waals surface area (Å²) in [5.74, 6) is 0. The molecular formula is C52H152O8Si11. The fraction of sp³-hybridized carbons (Fsp3) is 1.00. The maximum atomic E-state index is 6.82. The Morgan fingerprint density at radius 2 is 0.479 bits per heavy atom. The zero-order valence-corrected chi connectivity index (χ0v) is 57.5. The van der Waals surface area contributed by atoms with Gasteiger partial charge in [-0.1, -0.05) is 187 Å². The van der Waals surface area contributed by atoms with Gasteiger partial charge in [-0.05, 0) is 160 Å². The van der Waals surface area contributed by atoms with Gasteiger partial charge in [0.1, 0.15) is 0 Å². The average molecular weight is 1210 g/mol. The molecular weight excluding hydrogens is 1060 g/mol. The molecule has 3 unspecified atom stereocenters. The summed E-state index contributed by atoms with van der Waals surface area (Å²) in [4.78, 5) is 0. The van der Waals surface area contributed by atoms with Gasteiger partial charge >= 0.3 is 17.1 Å². The van der Waals surface area contributed by atoms with Crippen LogP contribution in [0.3, 0.4) is 0 Å². The molecule has 0 rings (SSSR count). The summed E-state index contributed by atoms with van der Waals surface area (Å²) in [5.41, 5.74) is 0. The monoisotopic (exact) mass is 1210 g/mol. The van der Waals surface area contributed by atoms with Crippen LogP contribution in [0.2, 0.25) is 160 Å². The number of hydrogen-bond acceptors (Lipinski definition) is 8. The van der Waals surface area contributed by atoms with Gasteiger partial charge in [0, 0.05) is 0 Å². The van der Waals surface area contributed by atoms with Crippen molar-refractivity contribution in [1.29, 1.82) is 0 Å². The molecule has 3 atom stereocenters. The lowest BCUT2D eigenvalue weighted by molar-refractivity contribution is 0.338. The van der Waals surface area contributed by atoms with Crippen LogP contribution >= 0.6 is 0 Å². The third-order valence-corrected chi connectivity index (χ3v) is 52.2. The molecule has 0 amide bonds. The third-order valence-electron chi connectivity index (χ3n) is 10.5. The highest BCUT2D eigenvalue weighted by Crippen LogP contribution is 2.28. The molecule has 71 heavy (non-hydrogen) atoms. The summed E-state index contributed by atoms with van der Waals surface area (Å²) in [6.07, 6.45) is 12.3. The van der Waals surface area contributed by atoms with Crippen molar-refractivity contribution in [1.82, 2.24) is 0 Å². The lowest BCUT2D eigenvalue weighted by Crippen LogP contribution is -2.53. The zero-order chi connectivity index (χ0) is 48.4. The third kappa shape index (κ3) is 62.8. The van der Waals surface area contributed by atoms with E-state index in [1.165, 1.54) is 100 Å². The SMILES string of the molecule is C.C.C.C.C.C.C.C.C.C.CCCC[Si](C)(C)O[SiH](C)O[Si](C)(CCCC)O[Si](C)(C)CCCC.CCC[Si](C)(C)O[SiH](C)O[Si](C)(C)CCC.CCC[Si](C)(C)O[SiH](C)O[Si](C)(C)O[Si](C)(C)CCC. The van der Waals surface area contributed by atoms with Crippen LogP contribution in [0.5, 0.6) is 0 Å². The van der Waals surface area contributed by atoms with Crippen molar-refractivity contribution in [2.75, 3.05) is 0 Å². The van der Waals surface area contributed by atoms with E-state index in [1.54, 1.807) is 0 Å². The van der Waals surface area contributed by atoms with Gasteiger partial charge in [-0.2, -0.15) is 0 Å². The number of unbranched alkanes of at least 4 members (excludes halogenated alkanes) is 3. The number of rotatable bonds is 33. The molecule has 0 aliphatic heterocycles. The molecule has 0 saturated carbocycles. The van der Waals surface area contributed by atoms with E-state index < -0.39 is 94.9 Å². The van der Waals surface area contributed by atoms with Gasteiger partial charge in [0.15, 0.2) is 49.9 Å². The fourth-order valence-corrected chi connectivity index (χ4v) is 53.8. The van der Waals surface area contributed by atoms with E-state index in [4.69, 9.17) is 32.9 Å². The topological polar surface area (TPSA) is 73.8 Å². The van der Waals surface area contributed by atoms with E-state index in [-0.39, 0.29) is 74.3 Å². The first-order chi connectivity index (χ1) is 27.6. The average Bonchev–Trinajstić information content (AvgIpc) is 3.03. The second kappa shape index (κ2) is 51.5. The van der Waals surface area contributed by atoms with Gasteiger partial charge in [0.25, 0.3) is 27.9 Å². The van der Waals surface area contributed by atoms with Gasteiger partial charge in [0.2, 0.25) is 0 Å². The van der Waals surface area contributed by atoms with E-state index in [1.807, 2.05) is 0 Å². The van der Waals surface area contributed by atoms with Gasteiger partial charge in [-0.25, -0.2) is 0 Å². The molecule has 0 aromatic carbocycles. The normalized spacial score (nSPS) is 13.3. The minimum atomic E-state index is -2.13. The summed E-state index contributed by atoms with van der Waals surface area (Å²) >= 11 is 0. The second-order valence-electron chi connectivity index (χ2n) is 22.0. The summed E-state index contributed by atoms with van der Waals surface area (Å²) in [6.45, 7) is 56.9. The summed E-state index contributed by atoms with van der Waals surface area (Å²) in [7, 11) is -17.9. The van der Waals surface area contributed by atoms with Crippen LogP contribution in [0.1, 0.15) is 187 Å². The van der Waals surface area contributed by atoms with Crippen molar-refractivity contribution in [3.8, 4) is 0 Å². The Morgan fingerprint density at radius 1 is 0.254 bits per heavy atom. The van der Waals surface area contributed by atoms with Gasteiger partial charge < -0.3 is 32.9 Å². The Bertz CT molecular complexity index is 1070. The second-order valence-corrected chi connectivity index (χ2v) is 62.4. The quantitative estimate of drug-likeness (QED) is 0.0602. The van der Waals surface area contributed by atoms with E-state index in [9.17, 15) is 0 Å². The van der Waals surface area contributed by atoms with Crippen LogP contribution in [-0.2, 0) is 32.9 Å². The van der Waals surface area contributed by atoms with Crippen molar-refractivity contribution >= 4 is 94.9 Å². The molecule has 19 heteroatoms. The first kappa shape index (κ1) is 105. The Labute approximate surface area is 471 Å². The molecule has 0 aliphatic rings. The first-order valence-corrected chi connectivity index (χ1v) is 55.4. The first-order valence-electron chi connectivity index (χ1n) is 25.1. The Hall–Kier alpha value is 2.07. The molecule has 0 aromatic heterocycles. The van der Waals surface area contributed by atoms with Crippen molar-refractivity contribution < 1.29 is 32.9 Å². The molecule has 0 heterocycles. The maximum Gasteiger partial charge on any atom is 0.315 e. The predicted octanol–water partition coefficient (Wildman–Crippen LogP) is 22.0. The van der Waals surface area contributed by atoms with Crippen molar-refractivity contribution in [2.24, 2.45) is 0 Å². The summed E-state index contributed by atoms with van der Waals surface area (Å²) in [6, 6.07) is 8.53. The van der Waals surface area contributed by atoms with Crippen molar-refractivity contribution in [3.63, 3.8) is 0 Å². The molecule has 8 nitrogen and oxygen atoms in total. The van der Waals surface area contributed by atoms with Crippen LogP contribution in [0.15, 0.2) is 0 Å². The predicted molar refractivity (Wildman–Crippen MR) is 369 cm³/mol. The van der Waals surface area contributed by atoms with Crippen molar-refractivity contribution in [3.05, 3.63) is 0 Å². The molecule has 452 valence electrons. The maximum absolute atomic E-state index is 6.82. The highest BCUT2D eigenvalue weighted by atomic mass is 28.5. The van der Waals surface area contributed by atoms with Gasteiger partial charge in [0.05, 0.1) is 0 Å². The standard InChI is InChI=1S/C18H46O3Si4.C13H36O3Si4.C11H30O2Si3.10CH4/c1-10-13-16-23(5,6)19-22(4)20-25(9,18-15-12-3)21-24(7,8)17-14-11-2;1-10-12-18(4,5)14-17(3)15-20(8,9)16-19(6,7)13-11-2;1-8-10-15(4,5)12-14(3)13-16(6,7)11-9-2;;;;;;;;;;/h22H,10-18H2,1-9H3;17H,10-13H2,1-9H3;14H,8-11H2,1-7H3;10*1H4. The van der Waals surface area contributed by atoms with Crippen LogP contribution in [0.4, 0.5) is 0 Å². The molecule has 0 spiro atoms. The highest BCUT2D eigenvalue weighted by Gasteiger charge is 2.41. The smallest absolute Gasteiger partial charge is 0.315 e. The molecule has 0 saturated heterocycles. The number of hydrogen-bond donors (Lipinski definition) is 0. The van der Waals surface area contributed by atoms with Crippen molar-refractivity contribution in [2.45, 2.75) is 347 Å². The van der Waals surface area contributed by atoms with E-state index in [2.05, 4.69) is 166 Å². The lowest BCUT2D eigenvalue weighted by atomic mass is 10.4. The Kier molecular flexibility index (Phi) is 76.3. The largest absolute Gasteiger partial charge is 0.439 e. The van der Waals surface area contributed by atoms with E-state index in [0.29, 0.717) is 0 Å². The highest BCUT2D eigenvalue weighted by molar-refractivity contribution is 6.87. The van der Waals surface area contributed by atoms with E-state index in [0.717, 1.165) is 6.04 Å². The Morgan fingerprint density at radius 3 is 0.775 bits per heavy atom. The minimum absolute atomic E-state index is 0. The van der Waals surface area contributed by atoms with Crippen LogP contribution in [0, 0.1) is 0 Å². The zero-order valence-electron chi connectivity index (χ0n) is 46.0. The molecule has 0 bridgehead atoms. The van der Waals surface area contributed by atoms with Crippen LogP contribution in [-0.4, -0.2) is 94.9 Å². The fourth-order valence-electron chi connectivity index (χ4n) is 8.48. The Balaban J connectivity index is -0.0000000615.